The van der Waals surface area contributed by atoms with E-state index in [2.05, 4.69) is 41.5 Å². The van der Waals surface area contributed by atoms with E-state index >= 15 is 0 Å². The smallest absolute Gasteiger partial charge is 0.312 e. The van der Waals surface area contributed by atoms with Crippen LogP contribution < -0.4 is 0 Å². The molecule has 1 N–H and O–H groups in total. The number of ether oxygens (including phenoxy) is 1. The van der Waals surface area contributed by atoms with Gasteiger partial charge >= 0.3 is 5.97 Å². The standard InChI is InChI=1S/C16H34O3Si/c1-9-14(3,4)11-16(7,15(5,6)10-2)13(17)19-12-20(8)18/h18,20H,9-12H2,1-8H3. The molecule has 2 unspecified atom stereocenters. The number of hydrogen-bond donors (Lipinski definition) is 1. The molecule has 0 saturated carbocycles. The normalized spacial score (nSPS) is 17.4. The fraction of sp³-hybridized carbons (Fsp3) is 0.938. The fourth-order valence-corrected chi connectivity index (χ4v) is 2.81. The van der Waals surface area contributed by atoms with Crippen LogP contribution in [0.2, 0.25) is 6.55 Å². The van der Waals surface area contributed by atoms with Gasteiger partial charge < -0.3 is 9.53 Å². The Kier molecular flexibility index (Phi) is 6.95. The molecule has 0 aliphatic heterocycles. The Morgan fingerprint density at radius 2 is 1.60 bits per heavy atom. The topological polar surface area (TPSA) is 46.5 Å². The van der Waals surface area contributed by atoms with Crippen molar-refractivity contribution in [2.24, 2.45) is 16.2 Å². The number of hydrogen-bond acceptors (Lipinski definition) is 3. The van der Waals surface area contributed by atoms with Crippen LogP contribution in [0.5, 0.6) is 0 Å². The zero-order valence-corrected chi connectivity index (χ0v) is 15.8. The molecule has 0 heterocycles. The molecular formula is C16H34O3Si. The van der Waals surface area contributed by atoms with E-state index in [9.17, 15) is 9.59 Å². The van der Waals surface area contributed by atoms with Gasteiger partial charge in [0.1, 0.15) is 6.23 Å². The summed E-state index contributed by atoms with van der Waals surface area (Å²) >= 11 is 0. The van der Waals surface area contributed by atoms with Crippen molar-refractivity contribution in [3.8, 4) is 0 Å². The summed E-state index contributed by atoms with van der Waals surface area (Å²) in [5.74, 6) is -0.153. The molecule has 0 radical (unpaired) electrons. The summed E-state index contributed by atoms with van der Waals surface area (Å²) < 4.78 is 5.42. The molecule has 20 heavy (non-hydrogen) atoms. The Morgan fingerprint density at radius 1 is 1.10 bits per heavy atom. The minimum atomic E-state index is -1.86. The molecule has 0 fully saturated rings. The molecule has 0 aromatic heterocycles. The maximum absolute atomic E-state index is 12.7. The Bertz CT molecular complexity index is 324. The number of esters is 1. The van der Waals surface area contributed by atoms with Gasteiger partial charge in [-0.25, -0.2) is 0 Å². The van der Waals surface area contributed by atoms with Crippen LogP contribution in [0, 0.1) is 16.2 Å². The molecule has 0 aliphatic rings. The maximum atomic E-state index is 12.7. The van der Waals surface area contributed by atoms with Gasteiger partial charge in [-0.05, 0) is 37.1 Å². The summed E-state index contributed by atoms with van der Waals surface area (Å²) in [6.07, 6.45) is 2.96. The molecule has 0 rings (SSSR count). The van der Waals surface area contributed by atoms with E-state index < -0.39 is 14.5 Å². The second kappa shape index (κ2) is 7.08. The van der Waals surface area contributed by atoms with E-state index in [4.69, 9.17) is 4.74 Å². The van der Waals surface area contributed by atoms with Crippen LogP contribution in [-0.4, -0.2) is 26.0 Å². The first-order valence-corrected chi connectivity index (χ1v) is 10.3. The largest absolute Gasteiger partial charge is 0.466 e. The van der Waals surface area contributed by atoms with Crippen LogP contribution in [0.1, 0.15) is 67.7 Å². The Hall–Kier alpha value is -0.353. The Balaban J connectivity index is 5.32. The molecule has 0 aromatic carbocycles. The average Bonchev–Trinajstić information content (AvgIpc) is 2.34. The number of carbonyl (C=O) groups excluding carboxylic acids is 1. The van der Waals surface area contributed by atoms with Crippen molar-refractivity contribution in [2.45, 2.75) is 74.3 Å². The molecule has 0 aliphatic carbocycles. The monoisotopic (exact) mass is 302 g/mol. The van der Waals surface area contributed by atoms with Gasteiger partial charge in [0.25, 0.3) is 0 Å². The van der Waals surface area contributed by atoms with Gasteiger partial charge in [-0.3, -0.25) is 4.79 Å². The third kappa shape index (κ3) is 4.88. The van der Waals surface area contributed by atoms with Gasteiger partial charge in [-0.15, -0.1) is 0 Å². The van der Waals surface area contributed by atoms with E-state index in [0.29, 0.717) is 0 Å². The molecule has 0 aromatic rings. The van der Waals surface area contributed by atoms with E-state index in [0.717, 1.165) is 19.3 Å². The summed E-state index contributed by atoms with van der Waals surface area (Å²) in [6.45, 7) is 16.8. The summed E-state index contributed by atoms with van der Waals surface area (Å²) in [5, 5.41) is 0. The predicted octanol–water partition coefficient (Wildman–Crippen LogP) is 3.68. The van der Waals surface area contributed by atoms with E-state index in [1.54, 1.807) is 6.55 Å². The lowest BCUT2D eigenvalue weighted by Crippen LogP contribution is -2.46. The van der Waals surface area contributed by atoms with Gasteiger partial charge in [-0.1, -0.05) is 48.0 Å². The van der Waals surface area contributed by atoms with Crippen molar-refractivity contribution >= 4 is 15.0 Å². The van der Waals surface area contributed by atoms with Gasteiger partial charge in [0.15, 0.2) is 0 Å². The van der Waals surface area contributed by atoms with Crippen LogP contribution in [0.25, 0.3) is 0 Å². The van der Waals surface area contributed by atoms with E-state index in [1.165, 1.54) is 0 Å². The lowest BCUT2D eigenvalue weighted by Gasteiger charge is -2.45. The molecule has 0 spiro atoms. The maximum Gasteiger partial charge on any atom is 0.312 e. The third-order valence-electron chi connectivity index (χ3n) is 5.07. The second-order valence-electron chi connectivity index (χ2n) is 7.71. The second-order valence-corrected chi connectivity index (χ2v) is 9.74. The van der Waals surface area contributed by atoms with Crippen LogP contribution in [0.3, 0.4) is 0 Å². The molecule has 3 nitrogen and oxygen atoms in total. The molecular weight excluding hydrogens is 268 g/mol. The summed E-state index contributed by atoms with van der Waals surface area (Å²) in [7, 11) is -1.86. The number of carbonyl (C=O) groups is 1. The summed E-state index contributed by atoms with van der Waals surface area (Å²) in [5.41, 5.74) is -0.552. The molecule has 0 saturated heterocycles. The first-order chi connectivity index (χ1) is 8.92. The van der Waals surface area contributed by atoms with Crippen molar-refractivity contribution in [2.75, 3.05) is 6.23 Å². The highest BCUT2D eigenvalue weighted by atomic mass is 28.3. The van der Waals surface area contributed by atoms with Crippen molar-refractivity contribution in [1.82, 2.24) is 0 Å². The predicted molar refractivity (Wildman–Crippen MR) is 87.1 cm³/mol. The van der Waals surface area contributed by atoms with E-state index in [-0.39, 0.29) is 23.0 Å². The molecule has 2 atom stereocenters. The van der Waals surface area contributed by atoms with Crippen molar-refractivity contribution in [1.29, 1.82) is 0 Å². The van der Waals surface area contributed by atoms with Gasteiger partial charge in [-0.2, -0.15) is 0 Å². The highest BCUT2D eigenvalue weighted by Crippen LogP contribution is 2.50. The van der Waals surface area contributed by atoms with Gasteiger partial charge in [0, 0.05) is 0 Å². The summed E-state index contributed by atoms with van der Waals surface area (Å²) in [4.78, 5) is 22.1. The van der Waals surface area contributed by atoms with Crippen LogP contribution in [0.15, 0.2) is 0 Å². The lowest BCUT2D eigenvalue weighted by molar-refractivity contribution is -0.164. The zero-order chi connectivity index (χ0) is 16.2. The Labute approximate surface area is 126 Å². The highest BCUT2D eigenvalue weighted by Gasteiger charge is 2.49. The van der Waals surface area contributed by atoms with Crippen LogP contribution in [-0.2, 0) is 9.53 Å². The van der Waals surface area contributed by atoms with Crippen molar-refractivity contribution in [3.05, 3.63) is 0 Å². The van der Waals surface area contributed by atoms with Crippen molar-refractivity contribution in [3.63, 3.8) is 0 Å². The first-order valence-electron chi connectivity index (χ1n) is 7.77. The zero-order valence-electron chi connectivity index (χ0n) is 14.7. The van der Waals surface area contributed by atoms with Crippen molar-refractivity contribution < 1.29 is 14.3 Å². The molecule has 120 valence electrons. The fourth-order valence-electron chi connectivity index (χ4n) is 2.42. The third-order valence-corrected chi connectivity index (χ3v) is 5.72. The van der Waals surface area contributed by atoms with Gasteiger partial charge in [0.05, 0.1) is 5.41 Å². The molecule has 0 amide bonds. The van der Waals surface area contributed by atoms with E-state index in [1.807, 2.05) is 6.92 Å². The highest BCUT2D eigenvalue weighted by molar-refractivity contribution is 6.48. The quantitative estimate of drug-likeness (QED) is 0.549. The minimum Gasteiger partial charge on any atom is -0.466 e. The van der Waals surface area contributed by atoms with Crippen LogP contribution in [0.4, 0.5) is 0 Å². The molecule has 4 heteroatoms. The first kappa shape index (κ1) is 19.6. The lowest BCUT2D eigenvalue weighted by atomic mass is 9.58. The SMILES string of the molecule is CCC(C)(C)CC(C)(C(=O)OC[SiH](C)O)C(C)(C)CC. The van der Waals surface area contributed by atoms with Crippen LogP contribution >= 0.6 is 0 Å². The average molecular weight is 303 g/mol. The van der Waals surface area contributed by atoms with Gasteiger partial charge in [0.2, 0.25) is 9.04 Å². The Morgan fingerprint density at radius 3 is 1.95 bits per heavy atom. The minimum absolute atomic E-state index is 0.0997. The number of rotatable bonds is 8. The molecule has 0 bridgehead atoms. The summed E-state index contributed by atoms with van der Waals surface area (Å²) in [6, 6.07) is 0.